The van der Waals surface area contributed by atoms with Gasteiger partial charge in [0, 0.05) is 13.6 Å². The zero-order valence-electron chi connectivity index (χ0n) is 9.82. The molecule has 92 valence electrons. The summed E-state index contributed by atoms with van der Waals surface area (Å²) in [5, 5.41) is 12.1. The van der Waals surface area contributed by atoms with Gasteiger partial charge in [0.1, 0.15) is 11.6 Å². The first kappa shape index (κ1) is 12.9. The number of nitrogens with zero attached hydrogens (tertiary/aromatic N) is 1. The monoisotopic (exact) mass is 230 g/mol. The van der Waals surface area contributed by atoms with Crippen molar-refractivity contribution in [2.24, 2.45) is 0 Å². The molecule has 1 fully saturated rings. The summed E-state index contributed by atoms with van der Waals surface area (Å²) >= 11 is 0. The summed E-state index contributed by atoms with van der Waals surface area (Å²) in [6.07, 6.45) is 0. The molecule has 0 aromatic rings. The minimum atomic E-state index is -1.47. The van der Waals surface area contributed by atoms with Crippen molar-refractivity contribution in [2.45, 2.75) is 25.5 Å². The van der Waals surface area contributed by atoms with Gasteiger partial charge in [0.15, 0.2) is 0 Å². The van der Waals surface area contributed by atoms with Crippen LogP contribution in [0.1, 0.15) is 13.8 Å². The number of hydrogen-bond acceptors (Lipinski definition) is 4. The van der Waals surface area contributed by atoms with Gasteiger partial charge in [-0.15, -0.1) is 0 Å². The minimum Gasteiger partial charge on any atom is -0.381 e. The molecule has 1 atom stereocenters. The third kappa shape index (κ3) is 2.70. The summed E-state index contributed by atoms with van der Waals surface area (Å²) in [6.45, 7) is 3.69. The highest BCUT2D eigenvalue weighted by atomic mass is 16.5. The molecule has 0 aromatic carbocycles. The molecule has 0 saturated carbocycles. The molecule has 1 aliphatic rings. The van der Waals surface area contributed by atoms with E-state index >= 15 is 0 Å². The fraction of sp³-hybridized carbons (Fsp3) is 0.800. The van der Waals surface area contributed by atoms with Crippen molar-refractivity contribution >= 4 is 11.8 Å². The maximum Gasteiger partial charge on any atom is 0.254 e. The van der Waals surface area contributed by atoms with Gasteiger partial charge < -0.3 is 20.1 Å². The number of carbonyl (C=O) groups excluding carboxylic acids is 2. The standard InChI is InChI=1S/C10H18N2O4/c1-10(2,15)9(14)12-4-5-16-6-7(12)8(13)11-3/h7,15H,4-6H2,1-3H3,(H,11,13). The first-order valence-electron chi connectivity index (χ1n) is 5.20. The highest BCUT2D eigenvalue weighted by Crippen LogP contribution is 2.14. The van der Waals surface area contributed by atoms with Crippen molar-refractivity contribution in [1.29, 1.82) is 0 Å². The Hall–Kier alpha value is -1.14. The molecule has 1 saturated heterocycles. The highest BCUT2D eigenvalue weighted by molar-refractivity contribution is 5.91. The van der Waals surface area contributed by atoms with Gasteiger partial charge >= 0.3 is 0 Å². The third-order valence-electron chi connectivity index (χ3n) is 2.46. The molecular formula is C10H18N2O4. The van der Waals surface area contributed by atoms with Crippen LogP contribution < -0.4 is 5.32 Å². The van der Waals surface area contributed by atoms with Gasteiger partial charge in [0.05, 0.1) is 13.2 Å². The van der Waals surface area contributed by atoms with Crippen LogP contribution in [0.3, 0.4) is 0 Å². The van der Waals surface area contributed by atoms with E-state index in [-0.39, 0.29) is 12.5 Å². The van der Waals surface area contributed by atoms with Crippen molar-refractivity contribution in [3.05, 3.63) is 0 Å². The normalized spacial score (nSPS) is 21.8. The number of rotatable bonds is 2. The van der Waals surface area contributed by atoms with Crippen LogP contribution in [0.25, 0.3) is 0 Å². The molecular weight excluding hydrogens is 212 g/mol. The number of likely N-dealkylation sites (N-methyl/N-ethyl adjacent to an activating group) is 1. The Labute approximate surface area is 94.6 Å². The molecule has 0 radical (unpaired) electrons. The van der Waals surface area contributed by atoms with Gasteiger partial charge in [0.25, 0.3) is 5.91 Å². The highest BCUT2D eigenvalue weighted by Gasteiger charge is 2.38. The largest absolute Gasteiger partial charge is 0.381 e. The molecule has 1 rings (SSSR count). The zero-order chi connectivity index (χ0) is 12.3. The molecule has 0 spiro atoms. The number of ether oxygens (including phenoxy) is 1. The van der Waals surface area contributed by atoms with Crippen LogP contribution in [0.2, 0.25) is 0 Å². The number of hydrogen-bond donors (Lipinski definition) is 2. The second-order valence-electron chi connectivity index (χ2n) is 4.26. The lowest BCUT2D eigenvalue weighted by molar-refractivity contribution is -0.160. The van der Waals surface area contributed by atoms with Crippen LogP contribution in [0.4, 0.5) is 0 Å². The number of aliphatic hydroxyl groups is 1. The van der Waals surface area contributed by atoms with E-state index in [0.29, 0.717) is 13.2 Å². The Morgan fingerprint density at radius 2 is 2.12 bits per heavy atom. The van der Waals surface area contributed by atoms with Gasteiger partial charge in [-0.2, -0.15) is 0 Å². The van der Waals surface area contributed by atoms with Gasteiger partial charge in [-0.25, -0.2) is 0 Å². The summed E-state index contributed by atoms with van der Waals surface area (Å²) in [5.74, 6) is -0.735. The molecule has 6 nitrogen and oxygen atoms in total. The second-order valence-corrected chi connectivity index (χ2v) is 4.26. The number of nitrogens with one attached hydrogen (secondary N) is 1. The molecule has 1 unspecified atom stereocenters. The Balaban J connectivity index is 2.82. The molecule has 0 bridgehead atoms. The van der Waals surface area contributed by atoms with E-state index in [2.05, 4.69) is 5.32 Å². The summed E-state index contributed by atoms with van der Waals surface area (Å²) in [7, 11) is 1.50. The number of amides is 2. The average Bonchev–Trinajstić information content (AvgIpc) is 2.25. The fourth-order valence-electron chi connectivity index (χ4n) is 1.58. The van der Waals surface area contributed by atoms with E-state index in [1.807, 2.05) is 0 Å². The first-order valence-corrected chi connectivity index (χ1v) is 5.20. The molecule has 6 heteroatoms. The van der Waals surface area contributed by atoms with Gasteiger partial charge in [0.2, 0.25) is 5.91 Å². The van der Waals surface area contributed by atoms with Crippen molar-refractivity contribution in [3.63, 3.8) is 0 Å². The van der Waals surface area contributed by atoms with Crippen LogP contribution in [0.5, 0.6) is 0 Å². The quantitative estimate of drug-likeness (QED) is 0.620. The Morgan fingerprint density at radius 1 is 1.50 bits per heavy atom. The maximum absolute atomic E-state index is 11.9. The Morgan fingerprint density at radius 3 is 2.62 bits per heavy atom. The van der Waals surface area contributed by atoms with E-state index in [4.69, 9.17) is 4.74 Å². The topological polar surface area (TPSA) is 78.9 Å². The number of morpholine rings is 1. The van der Waals surface area contributed by atoms with Crippen molar-refractivity contribution in [3.8, 4) is 0 Å². The third-order valence-corrected chi connectivity index (χ3v) is 2.46. The SMILES string of the molecule is CNC(=O)C1COCCN1C(=O)C(C)(C)O. The number of carbonyl (C=O) groups is 2. The van der Waals surface area contributed by atoms with Gasteiger partial charge in [-0.1, -0.05) is 0 Å². The van der Waals surface area contributed by atoms with E-state index in [9.17, 15) is 14.7 Å². The van der Waals surface area contributed by atoms with Gasteiger partial charge in [-0.3, -0.25) is 9.59 Å². The van der Waals surface area contributed by atoms with Crippen LogP contribution in [-0.4, -0.2) is 60.3 Å². The summed E-state index contributed by atoms with van der Waals surface area (Å²) in [6, 6.07) is -0.655. The molecule has 0 aliphatic carbocycles. The lowest BCUT2D eigenvalue weighted by atomic mass is 10.1. The van der Waals surface area contributed by atoms with E-state index < -0.39 is 17.6 Å². The molecule has 16 heavy (non-hydrogen) atoms. The fourth-order valence-corrected chi connectivity index (χ4v) is 1.58. The lowest BCUT2D eigenvalue weighted by Crippen LogP contribution is -2.59. The maximum atomic E-state index is 11.9. The molecule has 0 aromatic heterocycles. The van der Waals surface area contributed by atoms with E-state index in [0.717, 1.165) is 0 Å². The van der Waals surface area contributed by atoms with Crippen LogP contribution in [0, 0.1) is 0 Å². The van der Waals surface area contributed by atoms with Crippen molar-refractivity contribution in [2.75, 3.05) is 26.8 Å². The predicted molar refractivity (Wildman–Crippen MR) is 56.7 cm³/mol. The Bertz CT molecular complexity index is 285. The lowest BCUT2D eigenvalue weighted by Gasteiger charge is -2.37. The molecule has 1 aliphatic heterocycles. The smallest absolute Gasteiger partial charge is 0.254 e. The summed E-state index contributed by atoms with van der Waals surface area (Å²) in [5.41, 5.74) is -1.47. The predicted octanol–water partition coefficient (Wildman–Crippen LogP) is -1.27. The van der Waals surface area contributed by atoms with Crippen molar-refractivity contribution < 1.29 is 19.4 Å². The summed E-state index contributed by atoms with van der Waals surface area (Å²) < 4.78 is 5.16. The van der Waals surface area contributed by atoms with Crippen molar-refractivity contribution in [1.82, 2.24) is 10.2 Å². The van der Waals surface area contributed by atoms with E-state index in [1.165, 1.54) is 25.8 Å². The minimum absolute atomic E-state index is 0.168. The van der Waals surface area contributed by atoms with Crippen LogP contribution >= 0.6 is 0 Å². The molecule has 2 N–H and O–H groups in total. The average molecular weight is 230 g/mol. The Kier molecular flexibility index (Phi) is 3.88. The van der Waals surface area contributed by atoms with Crippen LogP contribution in [-0.2, 0) is 14.3 Å². The van der Waals surface area contributed by atoms with Crippen LogP contribution in [0.15, 0.2) is 0 Å². The first-order chi connectivity index (χ1) is 7.38. The van der Waals surface area contributed by atoms with Gasteiger partial charge in [-0.05, 0) is 13.8 Å². The zero-order valence-corrected chi connectivity index (χ0v) is 9.82. The summed E-state index contributed by atoms with van der Waals surface area (Å²) in [4.78, 5) is 24.8. The molecule has 2 amide bonds. The second kappa shape index (κ2) is 4.80. The molecule has 1 heterocycles. The van der Waals surface area contributed by atoms with E-state index in [1.54, 1.807) is 0 Å².